The molecule has 6 nitrogen and oxygen atoms in total. The summed E-state index contributed by atoms with van der Waals surface area (Å²) in [6.07, 6.45) is -1.31. The highest BCUT2D eigenvalue weighted by atomic mass is 19.4. The number of alkyl halides is 3. The highest BCUT2D eigenvalue weighted by molar-refractivity contribution is 5.85. The Bertz CT molecular complexity index is 701. The molecular formula is C20H26F3N3O3. The van der Waals surface area contributed by atoms with Crippen LogP contribution in [0.3, 0.4) is 0 Å². The van der Waals surface area contributed by atoms with Crippen LogP contribution in [-0.4, -0.2) is 72.1 Å². The van der Waals surface area contributed by atoms with Gasteiger partial charge in [0, 0.05) is 45.7 Å². The van der Waals surface area contributed by atoms with Crippen molar-refractivity contribution < 1.29 is 27.5 Å². The standard InChI is InChI=1S/C20H26F3N3O3/c21-20(22,23)29-17-7-5-16(6-8-17)14-24-10-12-25(13-11-24)19(28)15-26-9-3-1-2-4-18(26)27/h5-8H,1-4,9-15H2. The first-order chi connectivity index (χ1) is 13.8. The average Bonchev–Trinajstić information content (AvgIpc) is 2.87. The second-order valence-electron chi connectivity index (χ2n) is 7.47. The van der Waals surface area contributed by atoms with Gasteiger partial charge < -0.3 is 14.5 Å². The van der Waals surface area contributed by atoms with Crippen LogP contribution in [0.1, 0.15) is 31.2 Å². The molecule has 0 atom stereocenters. The van der Waals surface area contributed by atoms with Gasteiger partial charge in [0.05, 0.1) is 6.54 Å². The van der Waals surface area contributed by atoms with Crippen molar-refractivity contribution in [1.29, 1.82) is 0 Å². The molecule has 0 N–H and O–H groups in total. The average molecular weight is 413 g/mol. The first-order valence-corrected chi connectivity index (χ1v) is 9.93. The zero-order valence-electron chi connectivity index (χ0n) is 16.3. The van der Waals surface area contributed by atoms with Crippen LogP contribution in [-0.2, 0) is 16.1 Å². The fourth-order valence-electron chi connectivity index (χ4n) is 3.68. The van der Waals surface area contributed by atoms with Gasteiger partial charge in [-0.25, -0.2) is 0 Å². The van der Waals surface area contributed by atoms with Gasteiger partial charge in [0.2, 0.25) is 11.8 Å². The van der Waals surface area contributed by atoms with Crippen LogP contribution in [0.25, 0.3) is 0 Å². The number of rotatable bonds is 5. The number of carbonyl (C=O) groups is 2. The van der Waals surface area contributed by atoms with E-state index in [1.54, 1.807) is 21.9 Å². The van der Waals surface area contributed by atoms with Gasteiger partial charge in [0.15, 0.2) is 0 Å². The maximum absolute atomic E-state index is 12.5. The lowest BCUT2D eigenvalue weighted by molar-refractivity contribution is -0.274. The van der Waals surface area contributed by atoms with Crippen LogP contribution in [0.15, 0.2) is 24.3 Å². The molecule has 1 aromatic carbocycles. The third-order valence-electron chi connectivity index (χ3n) is 5.29. The van der Waals surface area contributed by atoms with E-state index < -0.39 is 6.36 Å². The summed E-state index contributed by atoms with van der Waals surface area (Å²) in [6.45, 7) is 3.92. The number of halogens is 3. The minimum Gasteiger partial charge on any atom is -0.406 e. The van der Waals surface area contributed by atoms with Crippen LogP contribution in [0.4, 0.5) is 13.2 Å². The zero-order chi connectivity index (χ0) is 20.9. The molecule has 2 aliphatic heterocycles. The van der Waals surface area contributed by atoms with E-state index in [0.29, 0.717) is 45.7 Å². The minimum atomic E-state index is -4.69. The minimum absolute atomic E-state index is 0.0199. The van der Waals surface area contributed by atoms with E-state index in [9.17, 15) is 22.8 Å². The second-order valence-corrected chi connectivity index (χ2v) is 7.47. The van der Waals surface area contributed by atoms with Crippen molar-refractivity contribution >= 4 is 11.8 Å². The molecule has 0 unspecified atom stereocenters. The van der Waals surface area contributed by atoms with Gasteiger partial charge in [-0.1, -0.05) is 18.6 Å². The molecule has 0 saturated carbocycles. The molecule has 2 heterocycles. The highest BCUT2D eigenvalue weighted by Crippen LogP contribution is 2.23. The molecule has 0 bridgehead atoms. The lowest BCUT2D eigenvalue weighted by Crippen LogP contribution is -2.51. The van der Waals surface area contributed by atoms with Gasteiger partial charge in [0.25, 0.3) is 0 Å². The summed E-state index contributed by atoms with van der Waals surface area (Å²) in [7, 11) is 0. The summed E-state index contributed by atoms with van der Waals surface area (Å²) in [5.41, 5.74) is 0.884. The third-order valence-corrected chi connectivity index (χ3v) is 5.29. The SMILES string of the molecule is O=C(CN1CCCCCC1=O)N1CCN(Cc2ccc(OC(F)(F)F)cc2)CC1. The van der Waals surface area contributed by atoms with E-state index in [-0.39, 0.29) is 24.1 Å². The molecule has 1 aromatic rings. The molecule has 0 spiro atoms. The summed E-state index contributed by atoms with van der Waals surface area (Å²) in [5, 5.41) is 0. The molecule has 160 valence electrons. The number of piperazine rings is 1. The summed E-state index contributed by atoms with van der Waals surface area (Å²) in [6, 6.07) is 5.84. The Labute approximate surface area is 168 Å². The number of benzene rings is 1. The van der Waals surface area contributed by atoms with E-state index in [1.807, 2.05) is 0 Å². The van der Waals surface area contributed by atoms with Crippen molar-refractivity contribution in [2.75, 3.05) is 39.3 Å². The largest absolute Gasteiger partial charge is 0.573 e. The topological polar surface area (TPSA) is 53.1 Å². The fraction of sp³-hybridized carbons (Fsp3) is 0.600. The van der Waals surface area contributed by atoms with Crippen LogP contribution in [0.2, 0.25) is 0 Å². The Morgan fingerprint density at radius 1 is 0.966 bits per heavy atom. The van der Waals surface area contributed by atoms with Crippen LogP contribution < -0.4 is 4.74 Å². The Morgan fingerprint density at radius 2 is 1.66 bits per heavy atom. The Kier molecular flexibility index (Phi) is 7.00. The van der Waals surface area contributed by atoms with Gasteiger partial charge in [0.1, 0.15) is 5.75 Å². The van der Waals surface area contributed by atoms with Crippen LogP contribution in [0, 0.1) is 0 Å². The smallest absolute Gasteiger partial charge is 0.406 e. The lowest BCUT2D eigenvalue weighted by Gasteiger charge is -2.35. The molecule has 29 heavy (non-hydrogen) atoms. The molecule has 0 radical (unpaired) electrons. The second kappa shape index (κ2) is 9.47. The van der Waals surface area contributed by atoms with E-state index in [0.717, 1.165) is 24.8 Å². The van der Waals surface area contributed by atoms with Crippen molar-refractivity contribution in [2.24, 2.45) is 0 Å². The monoisotopic (exact) mass is 413 g/mol. The Morgan fingerprint density at radius 3 is 2.31 bits per heavy atom. The zero-order valence-corrected chi connectivity index (χ0v) is 16.3. The van der Waals surface area contributed by atoms with Crippen molar-refractivity contribution in [3.63, 3.8) is 0 Å². The van der Waals surface area contributed by atoms with Crippen molar-refractivity contribution in [3.8, 4) is 5.75 Å². The van der Waals surface area contributed by atoms with Gasteiger partial charge in [-0.05, 0) is 30.5 Å². The highest BCUT2D eigenvalue weighted by Gasteiger charge is 2.31. The van der Waals surface area contributed by atoms with E-state index in [4.69, 9.17) is 0 Å². The number of hydrogen-bond acceptors (Lipinski definition) is 4. The van der Waals surface area contributed by atoms with Gasteiger partial charge >= 0.3 is 6.36 Å². The number of amides is 2. The molecule has 3 rings (SSSR count). The summed E-state index contributed by atoms with van der Waals surface area (Å²) < 4.78 is 40.5. The maximum Gasteiger partial charge on any atom is 0.573 e. The van der Waals surface area contributed by atoms with Crippen molar-refractivity contribution in [3.05, 3.63) is 29.8 Å². The number of likely N-dealkylation sites (tertiary alicyclic amines) is 1. The summed E-state index contributed by atoms with van der Waals surface area (Å²) in [4.78, 5) is 30.2. The molecule has 2 fully saturated rings. The van der Waals surface area contributed by atoms with E-state index in [1.165, 1.54) is 12.1 Å². The number of hydrogen-bond donors (Lipinski definition) is 0. The molecule has 9 heteroatoms. The van der Waals surface area contributed by atoms with E-state index >= 15 is 0 Å². The summed E-state index contributed by atoms with van der Waals surface area (Å²) >= 11 is 0. The molecule has 2 amide bonds. The quantitative estimate of drug-likeness (QED) is 0.745. The van der Waals surface area contributed by atoms with Crippen molar-refractivity contribution in [1.82, 2.24) is 14.7 Å². The van der Waals surface area contributed by atoms with Crippen LogP contribution in [0.5, 0.6) is 5.75 Å². The van der Waals surface area contributed by atoms with Gasteiger partial charge in [-0.15, -0.1) is 13.2 Å². The third kappa shape index (κ3) is 6.62. The first kappa shape index (κ1) is 21.4. The predicted molar refractivity (Wildman–Crippen MR) is 100 cm³/mol. The van der Waals surface area contributed by atoms with E-state index in [2.05, 4.69) is 9.64 Å². The number of carbonyl (C=O) groups excluding carboxylic acids is 2. The number of ether oxygens (including phenoxy) is 1. The normalized spacial score (nSPS) is 19.2. The number of nitrogens with zero attached hydrogens (tertiary/aromatic N) is 3. The maximum atomic E-state index is 12.5. The fourth-order valence-corrected chi connectivity index (χ4v) is 3.68. The van der Waals surface area contributed by atoms with Crippen molar-refractivity contribution in [2.45, 2.75) is 38.6 Å². The van der Waals surface area contributed by atoms with Crippen LogP contribution >= 0.6 is 0 Å². The molecular weight excluding hydrogens is 387 g/mol. The van der Waals surface area contributed by atoms with Gasteiger partial charge in [-0.3, -0.25) is 14.5 Å². The molecule has 0 aliphatic carbocycles. The molecule has 0 aromatic heterocycles. The lowest BCUT2D eigenvalue weighted by atomic mass is 10.2. The Balaban J connectivity index is 1.44. The predicted octanol–water partition coefficient (Wildman–Crippen LogP) is 2.63. The molecule has 2 saturated heterocycles. The summed E-state index contributed by atoms with van der Waals surface area (Å²) in [5.74, 6) is -0.194. The Hall–Kier alpha value is -2.29. The van der Waals surface area contributed by atoms with Gasteiger partial charge in [-0.2, -0.15) is 0 Å². The first-order valence-electron chi connectivity index (χ1n) is 9.93. The molecule has 2 aliphatic rings.